The average molecular weight is 337 g/mol. The molecule has 0 radical (unpaired) electrons. The van der Waals surface area contributed by atoms with Crippen LogP contribution in [0.3, 0.4) is 0 Å². The molecular formula is C22H44N2. The molecule has 0 aromatic rings. The van der Waals surface area contributed by atoms with E-state index < -0.39 is 0 Å². The van der Waals surface area contributed by atoms with Crippen LogP contribution in [0.1, 0.15) is 110 Å². The molecule has 3 N–H and O–H groups in total. The van der Waals surface area contributed by atoms with Gasteiger partial charge in [-0.05, 0) is 63.8 Å². The molecule has 2 saturated carbocycles. The zero-order valence-electron chi connectivity index (χ0n) is 16.4. The third kappa shape index (κ3) is 8.34. The fourth-order valence-corrected chi connectivity index (χ4v) is 4.87. The van der Waals surface area contributed by atoms with Gasteiger partial charge in [-0.3, -0.25) is 0 Å². The Balaban J connectivity index is 1.71. The molecule has 24 heavy (non-hydrogen) atoms. The lowest BCUT2D eigenvalue weighted by Crippen LogP contribution is -2.34. The van der Waals surface area contributed by atoms with E-state index in [9.17, 15) is 0 Å². The van der Waals surface area contributed by atoms with Crippen molar-refractivity contribution in [1.29, 1.82) is 0 Å². The lowest BCUT2D eigenvalue weighted by Gasteiger charge is -2.25. The highest BCUT2D eigenvalue weighted by Crippen LogP contribution is 2.25. The van der Waals surface area contributed by atoms with Crippen LogP contribution in [0.25, 0.3) is 0 Å². The molecule has 2 rings (SSSR count). The van der Waals surface area contributed by atoms with Gasteiger partial charge in [0.2, 0.25) is 0 Å². The fourth-order valence-electron chi connectivity index (χ4n) is 4.87. The predicted octanol–water partition coefficient (Wildman–Crippen LogP) is 5.79. The van der Waals surface area contributed by atoms with Crippen molar-refractivity contribution in [2.24, 2.45) is 17.6 Å². The average Bonchev–Trinajstić information content (AvgIpc) is 2.58. The van der Waals surface area contributed by atoms with Crippen LogP contribution in [0.15, 0.2) is 0 Å². The van der Waals surface area contributed by atoms with Gasteiger partial charge in [0.05, 0.1) is 0 Å². The summed E-state index contributed by atoms with van der Waals surface area (Å²) in [5, 5.41) is 3.97. The first kappa shape index (κ1) is 20.2. The fraction of sp³-hybridized carbons (Fsp3) is 1.00. The maximum absolute atomic E-state index is 6.19. The van der Waals surface area contributed by atoms with E-state index in [-0.39, 0.29) is 0 Å². The van der Waals surface area contributed by atoms with E-state index in [2.05, 4.69) is 12.2 Å². The quantitative estimate of drug-likeness (QED) is 0.681. The molecule has 0 aromatic heterocycles. The van der Waals surface area contributed by atoms with E-state index in [0.717, 1.165) is 17.9 Å². The molecule has 0 heterocycles. The van der Waals surface area contributed by atoms with Crippen LogP contribution in [0.2, 0.25) is 0 Å². The van der Waals surface area contributed by atoms with E-state index in [1.165, 1.54) is 109 Å². The zero-order valence-corrected chi connectivity index (χ0v) is 16.4. The van der Waals surface area contributed by atoms with Gasteiger partial charge in [-0.2, -0.15) is 0 Å². The van der Waals surface area contributed by atoms with Gasteiger partial charge in [0.1, 0.15) is 0 Å². The second kappa shape index (κ2) is 12.3. The first-order valence-corrected chi connectivity index (χ1v) is 11.2. The van der Waals surface area contributed by atoms with Crippen molar-refractivity contribution in [3.8, 4) is 0 Å². The molecule has 0 saturated heterocycles. The predicted molar refractivity (Wildman–Crippen MR) is 106 cm³/mol. The van der Waals surface area contributed by atoms with Crippen LogP contribution in [0.4, 0.5) is 0 Å². The van der Waals surface area contributed by atoms with Gasteiger partial charge in [-0.15, -0.1) is 0 Å². The Hall–Kier alpha value is -0.0800. The van der Waals surface area contributed by atoms with E-state index in [0.29, 0.717) is 6.04 Å². The minimum Gasteiger partial charge on any atom is -0.328 e. The molecule has 2 unspecified atom stereocenters. The SMILES string of the molecule is C[C@@H](N)C1CCCCCC(CNC2CCCCCCC2)CCCC1. The van der Waals surface area contributed by atoms with E-state index in [1.807, 2.05) is 0 Å². The first-order valence-electron chi connectivity index (χ1n) is 11.2. The summed E-state index contributed by atoms with van der Waals surface area (Å²) in [5.74, 6) is 1.69. The summed E-state index contributed by atoms with van der Waals surface area (Å²) in [6, 6.07) is 1.20. The van der Waals surface area contributed by atoms with Crippen LogP contribution in [0.5, 0.6) is 0 Å². The Bertz CT molecular complexity index is 294. The third-order valence-electron chi connectivity index (χ3n) is 6.67. The third-order valence-corrected chi connectivity index (χ3v) is 6.67. The van der Waals surface area contributed by atoms with Gasteiger partial charge >= 0.3 is 0 Å². The van der Waals surface area contributed by atoms with Crippen molar-refractivity contribution in [2.45, 2.75) is 122 Å². The summed E-state index contributed by atoms with van der Waals surface area (Å²) >= 11 is 0. The highest BCUT2D eigenvalue weighted by molar-refractivity contribution is 4.74. The number of hydrogen-bond donors (Lipinski definition) is 2. The lowest BCUT2D eigenvalue weighted by atomic mass is 9.90. The zero-order chi connectivity index (χ0) is 17.0. The monoisotopic (exact) mass is 336 g/mol. The minimum absolute atomic E-state index is 0.391. The topological polar surface area (TPSA) is 38.0 Å². The molecule has 0 bridgehead atoms. The van der Waals surface area contributed by atoms with Gasteiger partial charge in [0.25, 0.3) is 0 Å². The summed E-state index contributed by atoms with van der Waals surface area (Å²) in [7, 11) is 0. The first-order chi connectivity index (χ1) is 11.8. The maximum atomic E-state index is 6.19. The maximum Gasteiger partial charge on any atom is 0.00671 e. The Morgan fingerprint density at radius 1 is 0.708 bits per heavy atom. The molecule has 3 atom stereocenters. The van der Waals surface area contributed by atoms with Gasteiger partial charge in [0, 0.05) is 12.1 Å². The Kier molecular flexibility index (Phi) is 10.4. The van der Waals surface area contributed by atoms with E-state index in [1.54, 1.807) is 0 Å². The molecule has 0 amide bonds. The Labute approximate surface area is 151 Å². The van der Waals surface area contributed by atoms with Crippen molar-refractivity contribution >= 4 is 0 Å². The van der Waals surface area contributed by atoms with Crippen LogP contribution < -0.4 is 11.1 Å². The van der Waals surface area contributed by atoms with Crippen LogP contribution in [-0.2, 0) is 0 Å². The highest BCUT2D eigenvalue weighted by atomic mass is 14.9. The van der Waals surface area contributed by atoms with Crippen LogP contribution >= 0.6 is 0 Å². The molecule has 2 nitrogen and oxygen atoms in total. The molecule has 2 heteroatoms. The van der Waals surface area contributed by atoms with Crippen LogP contribution in [0, 0.1) is 11.8 Å². The number of nitrogens with one attached hydrogen (secondary N) is 1. The smallest absolute Gasteiger partial charge is 0.00671 e. The molecule has 2 aliphatic rings. The van der Waals surface area contributed by atoms with Gasteiger partial charge < -0.3 is 11.1 Å². The number of rotatable bonds is 4. The van der Waals surface area contributed by atoms with E-state index >= 15 is 0 Å². The van der Waals surface area contributed by atoms with Gasteiger partial charge in [0.15, 0.2) is 0 Å². The van der Waals surface area contributed by atoms with Gasteiger partial charge in [-0.25, -0.2) is 0 Å². The summed E-state index contributed by atoms with van der Waals surface area (Å²) < 4.78 is 0. The summed E-state index contributed by atoms with van der Waals surface area (Å²) in [6.45, 7) is 3.49. The molecule has 2 fully saturated rings. The van der Waals surface area contributed by atoms with Crippen molar-refractivity contribution in [3.05, 3.63) is 0 Å². The van der Waals surface area contributed by atoms with Crippen molar-refractivity contribution < 1.29 is 0 Å². The van der Waals surface area contributed by atoms with Crippen molar-refractivity contribution in [3.63, 3.8) is 0 Å². The van der Waals surface area contributed by atoms with Gasteiger partial charge in [-0.1, -0.05) is 64.2 Å². The second-order valence-electron chi connectivity index (χ2n) is 8.86. The molecule has 142 valence electrons. The Morgan fingerprint density at radius 3 is 1.83 bits per heavy atom. The molecule has 2 aliphatic carbocycles. The summed E-state index contributed by atoms with van der Waals surface area (Å²) in [5.41, 5.74) is 6.19. The molecule has 0 aromatic carbocycles. The molecular weight excluding hydrogens is 292 g/mol. The highest BCUT2D eigenvalue weighted by Gasteiger charge is 2.17. The largest absolute Gasteiger partial charge is 0.328 e. The number of hydrogen-bond acceptors (Lipinski definition) is 2. The van der Waals surface area contributed by atoms with E-state index in [4.69, 9.17) is 5.73 Å². The lowest BCUT2D eigenvalue weighted by molar-refractivity contribution is 0.330. The normalized spacial score (nSPS) is 30.8. The molecule has 0 spiro atoms. The van der Waals surface area contributed by atoms with Crippen molar-refractivity contribution in [2.75, 3.05) is 6.54 Å². The standard InChI is InChI=1S/C22H44N2/c1-19(23)21-14-7-5-6-12-20(13-10-11-15-21)18-24-22-16-8-3-2-4-9-17-22/h19-22,24H,2-18,23H2,1H3/t19-,20?,21?/m1/s1. The summed E-state index contributed by atoms with van der Waals surface area (Å²) in [4.78, 5) is 0. The van der Waals surface area contributed by atoms with Crippen LogP contribution in [-0.4, -0.2) is 18.6 Å². The molecule has 0 aliphatic heterocycles. The number of nitrogens with two attached hydrogens (primary N) is 1. The second-order valence-corrected chi connectivity index (χ2v) is 8.86. The summed E-state index contributed by atoms with van der Waals surface area (Å²) in [6.07, 6.45) is 22.8. The Morgan fingerprint density at radius 2 is 1.17 bits per heavy atom. The van der Waals surface area contributed by atoms with Crippen molar-refractivity contribution in [1.82, 2.24) is 5.32 Å². The minimum atomic E-state index is 0.391.